The van der Waals surface area contributed by atoms with Crippen LogP contribution in [0, 0.1) is 0 Å². The molecule has 1 aliphatic carbocycles. The van der Waals surface area contributed by atoms with Gasteiger partial charge in [-0.2, -0.15) is 13.2 Å². The molecule has 2 nitrogen and oxygen atoms in total. The van der Waals surface area contributed by atoms with Crippen LogP contribution in [0.3, 0.4) is 0 Å². The van der Waals surface area contributed by atoms with E-state index in [1.54, 1.807) is 7.11 Å². The van der Waals surface area contributed by atoms with Crippen LogP contribution >= 0.6 is 0 Å². The molecule has 0 spiro atoms. The zero-order valence-electron chi connectivity index (χ0n) is 12.2. The molecule has 0 radical (unpaired) electrons. The molecule has 0 heterocycles. The van der Waals surface area contributed by atoms with E-state index in [1.165, 1.54) is 12.1 Å². The monoisotopic (exact) mass is 301 g/mol. The lowest BCUT2D eigenvalue weighted by molar-refractivity contribution is -0.137. The number of methoxy groups -OCH3 is 1. The minimum absolute atomic E-state index is 0.400. The van der Waals surface area contributed by atoms with Gasteiger partial charge in [0.2, 0.25) is 0 Å². The summed E-state index contributed by atoms with van der Waals surface area (Å²) < 4.78 is 43.6. The van der Waals surface area contributed by atoms with Crippen molar-refractivity contribution in [2.45, 2.75) is 56.3 Å². The molecule has 2 rings (SSSR count). The molecule has 21 heavy (non-hydrogen) atoms. The van der Waals surface area contributed by atoms with Gasteiger partial charge in [-0.05, 0) is 30.5 Å². The number of ether oxygens (including phenoxy) is 1. The van der Waals surface area contributed by atoms with Crippen LogP contribution in [0.1, 0.15) is 55.7 Å². The van der Waals surface area contributed by atoms with Gasteiger partial charge in [0, 0.05) is 7.11 Å². The summed E-state index contributed by atoms with van der Waals surface area (Å²) >= 11 is 0. The highest BCUT2D eigenvalue weighted by Crippen LogP contribution is 2.39. The van der Waals surface area contributed by atoms with Crippen molar-refractivity contribution >= 4 is 0 Å². The van der Waals surface area contributed by atoms with Gasteiger partial charge in [0.1, 0.15) is 0 Å². The Hall–Kier alpha value is -1.07. The van der Waals surface area contributed by atoms with E-state index in [4.69, 9.17) is 10.5 Å². The normalized spacial score (nSPS) is 20.8. The summed E-state index contributed by atoms with van der Waals surface area (Å²) in [6.07, 6.45) is 1.79. The van der Waals surface area contributed by atoms with E-state index in [0.717, 1.165) is 50.7 Å². The molecule has 1 unspecified atom stereocenters. The number of halogens is 3. The second-order valence-corrected chi connectivity index (χ2v) is 5.78. The van der Waals surface area contributed by atoms with E-state index in [0.29, 0.717) is 5.56 Å². The van der Waals surface area contributed by atoms with Crippen molar-refractivity contribution in [1.29, 1.82) is 0 Å². The highest BCUT2D eigenvalue weighted by atomic mass is 19.4. The van der Waals surface area contributed by atoms with Crippen molar-refractivity contribution in [2.75, 3.05) is 7.11 Å². The van der Waals surface area contributed by atoms with E-state index in [2.05, 4.69) is 0 Å². The predicted octanol–water partition coefficient (Wildman–Crippen LogP) is 4.44. The highest BCUT2D eigenvalue weighted by molar-refractivity contribution is 5.28. The molecule has 0 amide bonds. The third-order valence-corrected chi connectivity index (χ3v) is 4.52. The van der Waals surface area contributed by atoms with E-state index in [1.807, 2.05) is 0 Å². The number of nitrogens with two attached hydrogens (primary N) is 1. The fraction of sp³-hybridized carbons (Fsp3) is 0.625. The first-order valence-electron chi connectivity index (χ1n) is 7.37. The van der Waals surface area contributed by atoms with Crippen LogP contribution in [0.25, 0.3) is 0 Å². The Balaban J connectivity index is 2.22. The lowest BCUT2D eigenvalue weighted by Gasteiger charge is -2.37. The van der Waals surface area contributed by atoms with Gasteiger partial charge in [-0.15, -0.1) is 0 Å². The molecule has 0 aliphatic heterocycles. The van der Waals surface area contributed by atoms with Crippen molar-refractivity contribution in [3.63, 3.8) is 0 Å². The van der Waals surface area contributed by atoms with Crippen LogP contribution in [-0.2, 0) is 10.9 Å². The first-order chi connectivity index (χ1) is 9.89. The second-order valence-electron chi connectivity index (χ2n) is 5.78. The molecule has 2 N–H and O–H groups in total. The van der Waals surface area contributed by atoms with Crippen molar-refractivity contribution in [2.24, 2.45) is 5.73 Å². The van der Waals surface area contributed by atoms with Crippen LogP contribution in [0.5, 0.6) is 0 Å². The maximum atomic E-state index is 12.6. The fourth-order valence-electron chi connectivity index (χ4n) is 3.15. The molecule has 1 aromatic carbocycles. The Morgan fingerprint density at radius 1 is 1.05 bits per heavy atom. The van der Waals surface area contributed by atoms with Crippen molar-refractivity contribution in [1.82, 2.24) is 0 Å². The van der Waals surface area contributed by atoms with Gasteiger partial charge in [0.25, 0.3) is 0 Å². The van der Waals surface area contributed by atoms with E-state index in [9.17, 15) is 13.2 Å². The Morgan fingerprint density at radius 2 is 1.57 bits per heavy atom. The number of alkyl halides is 3. The van der Waals surface area contributed by atoms with E-state index < -0.39 is 23.4 Å². The zero-order valence-corrected chi connectivity index (χ0v) is 12.2. The van der Waals surface area contributed by atoms with Gasteiger partial charge < -0.3 is 10.5 Å². The maximum absolute atomic E-state index is 12.6. The molecule has 5 heteroatoms. The highest BCUT2D eigenvalue weighted by Gasteiger charge is 2.38. The summed E-state index contributed by atoms with van der Waals surface area (Å²) in [5.74, 6) is 0. The van der Waals surface area contributed by atoms with Gasteiger partial charge in [0.15, 0.2) is 0 Å². The molecule has 0 saturated heterocycles. The SMILES string of the molecule is COC1(C(N)c2ccc(C(F)(F)F)cc2)CCCCCC1. The quantitative estimate of drug-likeness (QED) is 0.837. The summed E-state index contributed by atoms with van der Waals surface area (Å²) in [6, 6.07) is 4.73. The molecule has 1 saturated carbocycles. The Kier molecular flexibility index (Phi) is 4.94. The largest absolute Gasteiger partial charge is 0.416 e. The van der Waals surface area contributed by atoms with Crippen molar-refractivity contribution < 1.29 is 17.9 Å². The van der Waals surface area contributed by atoms with Crippen LogP contribution in [0.4, 0.5) is 13.2 Å². The van der Waals surface area contributed by atoms with Crippen LogP contribution < -0.4 is 5.73 Å². The molecule has 1 fully saturated rings. The predicted molar refractivity (Wildman–Crippen MR) is 75.8 cm³/mol. The smallest absolute Gasteiger partial charge is 0.376 e. The topological polar surface area (TPSA) is 35.2 Å². The molecular formula is C16H22F3NO. The third kappa shape index (κ3) is 3.58. The minimum atomic E-state index is -4.32. The first kappa shape index (κ1) is 16.3. The minimum Gasteiger partial charge on any atom is -0.376 e. The summed E-state index contributed by atoms with van der Waals surface area (Å²) in [5, 5.41) is 0. The van der Waals surface area contributed by atoms with Gasteiger partial charge in [-0.1, -0.05) is 37.8 Å². The first-order valence-corrected chi connectivity index (χ1v) is 7.37. The van der Waals surface area contributed by atoms with E-state index in [-0.39, 0.29) is 0 Å². The van der Waals surface area contributed by atoms with Gasteiger partial charge in [0.05, 0.1) is 17.2 Å². The summed E-state index contributed by atoms with van der Waals surface area (Å²) in [5.41, 5.74) is 5.93. The van der Waals surface area contributed by atoms with Crippen LogP contribution in [-0.4, -0.2) is 12.7 Å². The Labute approximate surface area is 123 Å². The number of hydrogen-bond acceptors (Lipinski definition) is 2. The molecule has 118 valence electrons. The fourth-order valence-corrected chi connectivity index (χ4v) is 3.15. The summed E-state index contributed by atoms with van der Waals surface area (Å²) in [6.45, 7) is 0. The lowest BCUT2D eigenvalue weighted by atomic mass is 9.82. The average Bonchev–Trinajstić information content (AvgIpc) is 2.72. The average molecular weight is 301 g/mol. The van der Waals surface area contributed by atoms with Gasteiger partial charge in [-0.25, -0.2) is 0 Å². The molecule has 1 atom stereocenters. The molecule has 1 aliphatic rings. The maximum Gasteiger partial charge on any atom is 0.416 e. The molecule has 0 aromatic heterocycles. The Morgan fingerprint density at radius 3 is 2.00 bits per heavy atom. The number of rotatable bonds is 3. The summed E-state index contributed by atoms with van der Waals surface area (Å²) in [4.78, 5) is 0. The van der Waals surface area contributed by atoms with E-state index >= 15 is 0 Å². The van der Waals surface area contributed by atoms with Crippen molar-refractivity contribution in [3.8, 4) is 0 Å². The van der Waals surface area contributed by atoms with Gasteiger partial charge >= 0.3 is 6.18 Å². The van der Waals surface area contributed by atoms with Gasteiger partial charge in [-0.3, -0.25) is 0 Å². The standard InChI is InChI=1S/C16H22F3NO/c1-21-15(10-4-2-3-5-11-15)14(20)12-6-8-13(9-7-12)16(17,18)19/h6-9,14H,2-5,10-11,20H2,1H3. The van der Waals surface area contributed by atoms with Crippen LogP contribution in [0.2, 0.25) is 0 Å². The summed E-state index contributed by atoms with van der Waals surface area (Å²) in [7, 11) is 1.65. The second kappa shape index (κ2) is 6.36. The number of benzene rings is 1. The zero-order chi connectivity index (χ0) is 15.5. The van der Waals surface area contributed by atoms with Crippen molar-refractivity contribution in [3.05, 3.63) is 35.4 Å². The molecule has 0 bridgehead atoms. The Bertz CT molecular complexity index is 448. The lowest BCUT2D eigenvalue weighted by Crippen LogP contribution is -2.42. The number of hydrogen-bond donors (Lipinski definition) is 1. The molecule has 1 aromatic rings. The van der Waals surface area contributed by atoms with Crippen LogP contribution in [0.15, 0.2) is 24.3 Å². The third-order valence-electron chi connectivity index (χ3n) is 4.52. The molecular weight excluding hydrogens is 279 g/mol.